The van der Waals surface area contributed by atoms with Crippen molar-refractivity contribution < 1.29 is 4.74 Å². The van der Waals surface area contributed by atoms with Crippen LogP contribution in [0.4, 0.5) is 0 Å². The summed E-state index contributed by atoms with van der Waals surface area (Å²) < 4.78 is 9.41. The molecule has 12 heavy (non-hydrogen) atoms. The van der Waals surface area contributed by atoms with Gasteiger partial charge in [-0.3, -0.25) is 0 Å². The second-order valence-electron chi connectivity index (χ2n) is 3.06. The van der Waals surface area contributed by atoms with Crippen molar-refractivity contribution in [1.82, 2.24) is 0 Å². The first-order valence-corrected chi connectivity index (χ1v) is 5.83. The molecule has 0 aliphatic heterocycles. The van der Waals surface area contributed by atoms with Crippen LogP contribution >= 0.6 is 32.1 Å². The van der Waals surface area contributed by atoms with Gasteiger partial charge in [0.05, 0.1) is 21.0 Å². The Kier molecular flexibility index (Phi) is 4.57. The molecule has 1 rings (SSSR count). The molecule has 0 N–H and O–H groups in total. The summed E-state index contributed by atoms with van der Waals surface area (Å²) in [5.41, 5.74) is 0. The molecule has 1 fully saturated rings. The van der Waals surface area contributed by atoms with E-state index in [4.69, 9.17) is 4.74 Å². The van der Waals surface area contributed by atoms with E-state index in [-0.39, 0.29) is 0 Å². The summed E-state index contributed by atoms with van der Waals surface area (Å²) in [5, 5.41) is 0. The van der Waals surface area contributed by atoms with Crippen LogP contribution in [0.1, 0.15) is 32.6 Å². The van der Waals surface area contributed by atoms with Gasteiger partial charge < -0.3 is 4.74 Å². The van der Waals surface area contributed by atoms with Gasteiger partial charge >= 0.3 is 0 Å². The second-order valence-corrected chi connectivity index (χ2v) is 4.59. The number of hydrogen-bond donors (Lipinski definition) is 0. The molecule has 4 heteroatoms. The topological polar surface area (TPSA) is 21.6 Å². The van der Waals surface area contributed by atoms with E-state index in [0.29, 0.717) is 16.8 Å². The lowest BCUT2D eigenvalue weighted by Gasteiger charge is -2.27. The third-order valence-electron chi connectivity index (χ3n) is 2.06. The highest BCUT2D eigenvalue weighted by molar-refractivity contribution is 9.09. The van der Waals surface area contributed by atoms with Gasteiger partial charge in [0.25, 0.3) is 0 Å². The van der Waals surface area contributed by atoms with Gasteiger partial charge in [-0.25, -0.2) is 0 Å². The third kappa shape index (κ3) is 3.05. The van der Waals surface area contributed by atoms with Crippen molar-refractivity contribution in [2.24, 2.45) is 4.02 Å². The quantitative estimate of drug-likeness (QED) is 0.413. The molecule has 0 bridgehead atoms. The number of alkyl halides is 1. The fraction of sp³-hybridized carbons (Fsp3) is 0.875. The molecule has 2 atom stereocenters. The molecule has 0 aromatic rings. The predicted octanol–water partition coefficient (Wildman–Crippen LogP) is 3.44. The monoisotopic (exact) mass is 297 g/mol. The van der Waals surface area contributed by atoms with Crippen LogP contribution in [0.25, 0.3) is 0 Å². The van der Waals surface area contributed by atoms with Crippen molar-refractivity contribution in [2.75, 3.05) is 0 Å². The van der Waals surface area contributed by atoms with Crippen LogP contribution < -0.4 is 0 Å². The standard InChI is InChI=1S/C8H13Br2NO/c1-6(11-10)12-8-5-3-2-4-7(8)9/h7-8H,2-5H2,1H3/b11-6+. The van der Waals surface area contributed by atoms with E-state index in [1.165, 1.54) is 19.3 Å². The van der Waals surface area contributed by atoms with E-state index >= 15 is 0 Å². The molecule has 1 aliphatic rings. The SMILES string of the molecule is C/C(=N\Br)OC1CCCCC1Br. The second kappa shape index (κ2) is 5.22. The van der Waals surface area contributed by atoms with Gasteiger partial charge in [-0.2, -0.15) is 4.02 Å². The van der Waals surface area contributed by atoms with Gasteiger partial charge in [-0.1, -0.05) is 22.4 Å². The van der Waals surface area contributed by atoms with Gasteiger partial charge in [0.1, 0.15) is 6.10 Å². The zero-order chi connectivity index (χ0) is 8.97. The summed E-state index contributed by atoms with van der Waals surface area (Å²) in [6.45, 7) is 1.86. The first kappa shape index (κ1) is 10.5. The van der Waals surface area contributed by atoms with Crippen molar-refractivity contribution in [1.29, 1.82) is 0 Å². The molecule has 0 aromatic heterocycles. The molecule has 1 aliphatic carbocycles. The van der Waals surface area contributed by atoms with Crippen LogP contribution in [0, 0.1) is 0 Å². The minimum absolute atomic E-state index is 0.306. The maximum atomic E-state index is 5.61. The highest BCUT2D eigenvalue weighted by atomic mass is 79.9. The Labute approximate surface area is 90.2 Å². The molecule has 70 valence electrons. The lowest BCUT2D eigenvalue weighted by molar-refractivity contribution is 0.151. The molecule has 0 saturated heterocycles. The average molecular weight is 299 g/mol. The smallest absolute Gasteiger partial charge is 0.192 e. The van der Waals surface area contributed by atoms with Crippen molar-refractivity contribution in [3.8, 4) is 0 Å². The molecular weight excluding hydrogens is 286 g/mol. The fourth-order valence-electron chi connectivity index (χ4n) is 1.42. The van der Waals surface area contributed by atoms with Crippen LogP contribution in [-0.2, 0) is 4.74 Å². The number of hydrogen-bond acceptors (Lipinski definition) is 2. The number of nitrogens with zero attached hydrogens (tertiary/aromatic N) is 1. The van der Waals surface area contributed by atoms with Gasteiger partial charge in [-0.15, -0.1) is 0 Å². The highest BCUT2D eigenvalue weighted by Gasteiger charge is 2.24. The van der Waals surface area contributed by atoms with E-state index in [2.05, 4.69) is 36.1 Å². The van der Waals surface area contributed by atoms with E-state index in [1.807, 2.05) is 6.92 Å². The van der Waals surface area contributed by atoms with Crippen LogP contribution in [0.15, 0.2) is 4.02 Å². The normalized spacial score (nSPS) is 31.8. The van der Waals surface area contributed by atoms with Crippen LogP contribution in [0.3, 0.4) is 0 Å². The van der Waals surface area contributed by atoms with E-state index in [0.717, 1.165) is 6.42 Å². The largest absolute Gasteiger partial charge is 0.476 e. The third-order valence-corrected chi connectivity index (χ3v) is 3.61. The predicted molar refractivity (Wildman–Crippen MR) is 58.1 cm³/mol. The summed E-state index contributed by atoms with van der Waals surface area (Å²) >= 11 is 6.63. The minimum Gasteiger partial charge on any atom is -0.476 e. The molecule has 1 saturated carbocycles. The van der Waals surface area contributed by atoms with Crippen molar-refractivity contribution in [3.05, 3.63) is 0 Å². The first-order valence-electron chi connectivity index (χ1n) is 4.20. The summed E-state index contributed by atoms with van der Waals surface area (Å²) in [7, 11) is 0. The molecule has 0 heterocycles. The molecule has 0 spiro atoms. The first-order chi connectivity index (χ1) is 5.74. The molecule has 0 aromatic carbocycles. The lowest BCUT2D eigenvalue weighted by atomic mass is 9.98. The minimum atomic E-state index is 0.306. The van der Waals surface area contributed by atoms with Crippen molar-refractivity contribution in [2.45, 2.75) is 43.5 Å². The Balaban J connectivity index is 2.39. The molecule has 0 amide bonds. The molecular formula is C8H13Br2NO. The van der Waals surface area contributed by atoms with Crippen LogP contribution in [0.5, 0.6) is 0 Å². The highest BCUT2D eigenvalue weighted by Crippen LogP contribution is 2.27. The maximum absolute atomic E-state index is 5.61. The summed E-state index contributed by atoms with van der Waals surface area (Å²) in [6, 6.07) is 0. The zero-order valence-corrected chi connectivity index (χ0v) is 10.3. The fourth-order valence-corrected chi connectivity index (χ4v) is 2.20. The van der Waals surface area contributed by atoms with E-state index in [9.17, 15) is 0 Å². The number of rotatable bonds is 1. The Morgan fingerprint density at radius 2 is 2.08 bits per heavy atom. The van der Waals surface area contributed by atoms with Crippen LogP contribution in [-0.4, -0.2) is 16.8 Å². The van der Waals surface area contributed by atoms with Gasteiger partial charge in [0.15, 0.2) is 5.90 Å². The van der Waals surface area contributed by atoms with Crippen molar-refractivity contribution >= 4 is 38.0 Å². The maximum Gasteiger partial charge on any atom is 0.192 e. The van der Waals surface area contributed by atoms with E-state index in [1.54, 1.807) is 0 Å². The van der Waals surface area contributed by atoms with Crippen LogP contribution in [0.2, 0.25) is 0 Å². The number of ether oxygens (including phenoxy) is 1. The Morgan fingerprint density at radius 3 is 2.67 bits per heavy atom. The summed E-state index contributed by atoms with van der Waals surface area (Å²) in [4.78, 5) is 0.496. The Hall–Kier alpha value is 0.430. The number of halogens is 2. The van der Waals surface area contributed by atoms with Gasteiger partial charge in [0.2, 0.25) is 0 Å². The molecule has 2 nitrogen and oxygen atoms in total. The molecule has 0 radical (unpaired) electrons. The average Bonchev–Trinajstić information content (AvgIpc) is 2.09. The van der Waals surface area contributed by atoms with Gasteiger partial charge in [0, 0.05) is 6.92 Å². The van der Waals surface area contributed by atoms with E-state index < -0.39 is 0 Å². The van der Waals surface area contributed by atoms with Gasteiger partial charge in [-0.05, 0) is 19.3 Å². The van der Waals surface area contributed by atoms with Crippen molar-refractivity contribution in [3.63, 3.8) is 0 Å². The Bertz CT molecular complexity index is 172. The molecule has 2 unspecified atom stereocenters. The summed E-state index contributed by atoms with van der Waals surface area (Å²) in [6.07, 6.45) is 5.22. The Morgan fingerprint density at radius 1 is 1.42 bits per heavy atom. The lowest BCUT2D eigenvalue weighted by Crippen LogP contribution is -2.29. The zero-order valence-electron chi connectivity index (χ0n) is 7.09. The summed E-state index contributed by atoms with van der Waals surface area (Å²) in [5.74, 6) is 0.714.